The van der Waals surface area contributed by atoms with Crippen molar-refractivity contribution in [1.29, 1.82) is 0 Å². The SMILES string of the molecule is CCN(CC)Cc1cc2c(C)nc3c(C)cccc3c2o1. The molecule has 2 heterocycles. The first-order chi connectivity index (χ1) is 10.1. The van der Waals surface area contributed by atoms with Crippen molar-refractivity contribution in [2.75, 3.05) is 13.1 Å². The Bertz CT molecular complexity index is 785. The van der Waals surface area contributed by atoms with Gasteiger partial charge in [0.1, 0.15) is 11.3 Å². The van der Waals surface area contributed by atoms with E-state index in [1.807, 2.05) is 0 Å². The minimum atomic E-state index is 0.856. The molecule has 0 spiro atoms. The van der Waals surface area contributed by atoms with Gasteiger partial charge < -0.3 is 4.42 Å². The van der Waals surface area contributed by atoms with Gasteiger partial charge in [0.15, 0.2) is 0 Å². The van der Waals surface area contributed by atoms with Gasteiger partial charge in [-0.25, -0.2) is 0 Å². The summed E-state index contributed by atoms with van der Waals surface area (Å²) in [5.74, 6) is 1.02. The zero-order valence-corrected chi connectivity index (χ0v) is 13.2. The number of furan rings is 1. The van der Waals surface area contributed by atoms with Crippen LogP contribution in [0.5, 0.6) is 0 Å². The van der Waals surface area contributed by atoms with E-state index in [1.54, 1.807) is 0 Å². The minimum absolute atomic E-state index is 0.856. The number of pyridine rings is 1. The fourth-order valence-corrected chi connectivity index (χ4v) is 2.87. The molecular formula is C18H22N2O. The van der Waals surface area contributed by atoms with E-state index in [0.717, 1.165) is 53.0 Å². The van der Waals surface area contributed by atoms with Gasteiger partial charge in [-0.3, -0.25) is 9.88 Å². The van der Waals surface area contributed by atoms with Gasteiger partial charge >= 0.3 is 0 Å². The molecule has 110 valence electrons. The average Bonchev–Trinajstić information content (AvgIpc) is 2.91. The number of rotatable bonds is 4. The largest absolute Gasteiger partial charge is 0.459 e. The lowest BCUT2D eigenvalue weighted by molar-refractivity contribution is 0.272. The molecule has 1 aromatic carbocycles. The van der Waals surface area contributed by atoms with Crippen LogP contribution in [-0.2, 0) is 6.54 Å². The van der Waals surface area contributed by atoms with E-state index >= 15 is 0 Å². The normalized spacial score (nSPS) is 11.9. The predicted octanol–water partition coefficient (Wildman–Crippen LogP) is 4.44. The molecule has 0 aliphatic rings. The fraction of sp³-hybridized carbons (Fsp3) is 0.389. The number of benzene rings is 1. The smallest absolute Gasteiger partial charge is 0.145 e. The van der Waals surface area contributed by atoms with Crippen LogP contribution in [0.25, 0.3) is 21.9 Å². The van der Waals surface area contributed by atoms with Crippen LogP contribution in [0.4, 0.5) is 0 Å². The highest BCUT2D eigenvalue weighted by Gasteiger charge is 2.14. The molecule has 3 heteroatoms. The molecular weight excluding hydrogens is 260 g/mol. The van der Waals surface area contributed by atoms with Crippen LogP contribution in [0.15, 0.2) is 28.7 Å². The van der Waals surface area contributed by atoms with E-state index in [9.17, 15) is 0 Å². The van der Waals surface area contributed by atoms with Crippen molar-refractivity contribution in [2.45, 2.75) is 34.2 Å². The van der Waals surface area contributed by atoms with Crippen LogP contribution in [0.1, 0.15) is 30.9 Å². The first-order valence-electron chi connectivity index (χ1n) is 7.64. The second-order valence-electron chi connectivity index (χ2n) is 5.59. The molecule has 0 aliphatic carbocycles. The maximum atomic E-state index is 6.17. The van der Waals surface area contributed by atoms with E-state index in [0.29, 0.717) is 0 Å². The summed E-state index contributed by atoms with van der Waals surface area (Å²) < 4.78 is 6.17. The molecule has 0 saturated carbocycles. The Balaban J connectivity index is 2.18. The van der Waals surface area contributed by atoms with Crippen LogP contribution in [-0.4, -0.2) is 23.0 Å². The number of para-hydroxylation sites is 1. The number of nitrogens with zero attached hydrogens (tertiary/aromatic N) is 2. The third-order valence-electron chi connectivity index (χ3n) is 4.21. The van der Waals surface area contributed by atoms with Crippen molar-refractivity contribution in [3.63, 3.8) is 0 Å². The minimum Gasteiger partial charge on any atom is -0.459 e. The molecule has 2 aromatic heterocycles. The molecule has 0 bridgehead atoms. The van der Waals surface area contributed by atoms with Crippen molar-refractivity contribution < 1.29 is 4.42 Å². The Kier molecular flexibility index (Phi) is 3.68. The molecule has 0 saturated heterocycles. The molecule has 0 amide bonds. The molecule has 3 nitrogen and oxygen atoms in total. The van der Waals surface area contributed by atoms with E-state index in [-0.39, 0.29) is 0 Å². The van der Waals surface area contributed by atoms with Crippen molar-refractivity contribution in [3.8, 4) is 0 Å². The first-order valence-corrected chi connectivity index (χ1v) is 7.64. The molecule has 0 N–H and O–H groups in total. The Morgan fingerprint density at radius 1 is 1.10 bits per heavy atom. The highest BCUT2D eigenvalue weighted by molar-refractivity contribution is 6.04. The molecule has 3 aromatic rings. The van der Waals surface area contributed by atoms with E-state index in [1.165, 1.54) is 5.56 Å². The van der Waals surface area contributed by atoms with Gasteiger partial charge in [0, 0.05) is 16.5 Å². The van der Waals surface area contributed by atoms with Crippen LogP contribution < -0.4 is 0 Å². The number of aromatic nitrogens is 1. The zero-order chi connectivity index (χ0) is 15.0. The summed E-state index contributed by atoms with van der Waals surface area (Å²) in [6, 6.07) is 8.42. The zero-order valence-electron chi connectivity index (χ0n) is 13.2. The lowest BCUT2D eigenvalue weighted by atomic mass is 10.1. The van der Waals surface area contributed by atoms with E-state index < -0.39 is 0 Å². The summed E-state index contributed by atoms with van der Waals surface area (Å²) in [5, 5.41) is 2.25. The van der Waals surface area contributed by atoms with Gasteiger partial charge in [-0.15, -0.1) is 0 Å². The highest BCUT2D eigenvalue weighted by Crippen LogP contribution is 2.30. The average molecular weight is 282 g/mol. The maximum absolute atomic E-state index is 6.17. The second-order valence-corrected chi connectivity index (χ2v) is 5.59. The summed E-state index contributed by atoms with van der Waals surface area (Å²) >= 11 is 0. The standard InChI is InChI=1S/C18H22N2O/c1-5-20(6-2)11-14-10-16-13(4)19-17-12(3)8-7-9-15(17)18(16)21-14/h7-10H,5-6,11H2,1-4H3. The number of fused-ring (bicyclic) bond motifs is 3. The Labute approximate surface area is 125 Å². The van der Waals surface area contributed by atoms with Crippen LogP contribution in [0.3, 0.4) is 0 Å². The fourth-order valence-electron chi connectivity index (χ4n) is 2.87. The number of hydrogen-bond donors (Lipinski definition) is 0. The Hall–Kier alpha value is -1.87. The van der Waals surface area contributed by atoms with Crippen LogP contribution in [0.2, 0.25) is 0 Å². The second kappa shape index (κ2) is 5.49. The lowest BCUT2D eigenvalue weighted by Crippen LogP contribution is -2.21. The van der Waals surface area contributed by atoms with Crippen molar-refractivity contribution in [2.24, 2.45) is 0 Å². The molecule has 0 aliphatic heterocycles. The topological polar surface area (TPSA) is 29.3 Å². The van der Waals surface area contributed by atoms with Gasteiger partial charge in [0.2, 0.25) is 0 Å². The maximum Gasteiger partial charge on any atom is 0.145 e. The Morgan fingerprint density at radius 3 is 2.57 bits per heavy atom. The molecule has 3 rings (SSSR count). The van der Waals surface area contributed by atoms with Crippen LogP contribution >= 0.6 is 0 Å². The molecule has 0 atom stereocenters. The molecule has 21 heavy (non-hydrogen) atoms. The predicted molar refractivity (Wildman–Crippen MR) is 87.6 cm³/mol. The monoisotopic (exact) mass is 282 g/mol. The number of aryl methyl sites for hydroxylation is 2. The first kappa shape index (κ1) is 14.1. The lowest BCUT2D eigenvalue weighted by Gasteiger charge is -2.15. The third kappa shape index (κ3) is 2.42. The van der Waals surface area contributed by atoms with Gasteiger partial charge in [-0.2, -0.15) is 0 Å². The summed E-state index contributed by atoms with van der Waals surface area (Å²) in [5.41, 5.74) is 4.26. The molecule has 0 radical (unpaired) electrons. The van der Waals surface area contributed by atoms with Gasteiger partial charge in [-0.1, -0.05) is 26.0 Å². The van der Waals surface area contributed by atoms with Crippen molar-refractivity contribution in [3.05, 3.63) is 41.3 Å². The summed E-state index contributed by atoms with van der Waals surface area (Å²) in [6.45, 7) is 11.4. The summed E-state index contributed by atoms with van der Waals surface area (Å²) in [4.78, 5) is 7.12. The van der Waals surface area contributed by atoms with Crippen molar-refractivity contribution >= 4 is 21.9 Å². The van der Waals surface area contributed by atoms with Gasteiger partial charge in [0.25, 0.3) is 0 Å². The van der Waals surface area contributed by atoms with Crippen LogP contribution in [0, 0.1) is 13.8 Å². The quantitative estimate of drug-likeness (QED) is 0.708. The molecule has 0 unspecified atom stereocenters. The van der Waals surface area contributed by atoms with Gasteiger partial charge in [-0.05, 0) is 44.6 Å². The van der Waals surface area contributed by atoms with E-state index in [2.05, 4.69) is 56.9 Å². The summed E-state index contributed by atoms with van der Waals surface area (Å²) in [6.07, 6.45) is 0. The van der Waals surface area contributed by atoms with Crippen molar-refractivity contribution in [1.82, 2.24) is 9.88 Å². The summed E-state index contributed by atoms with van der Waals surface area (Å²) in [7, 11) is 0. The third-order valence-corrected chi connectivity index (χ3v) is 4.21. The Morgan fingerprint density at radius 2 is 1.86 bits per heavy atom. The molecule has 0 fully saturated rings. The van der Waals surface area contributed by atoms with Gasteiger partial charge in [0.05, 0.1) is 12.1 Å². The van der Waals surface area contributed by atoms with E-state index in [4.69, 9.17) is 9.40 Å². The number of hydrogen-bond acceptors (Lipinski definition) is 3. The highest BCUT2D eigenvalue weighted by atomic mass is 16.3.